The van der Waals surface area contributed by atoms with Gasteiger partial charge in [0.25, 0.3) is 5.91 Å². The Hall–Kier alpha value is -2.89. The summed E-state index contributed by atoms with van der Waals surface area (Å²) in [6.45, 7) is 5.26. The lowest BCUT2D eigenvalue weighted by Gasteiger charge is -2.25. The number of aromatic amines is 1. The van der Waals surface area contributed by atoms with E-state index in [1.165, 1.54) is 31.3 Å². The Morgan fingerprint density at radius 1 is 1.22 bits per heavy atom. The number of hydrogen-bond donors (Lipinski definition) is 3. The molecule has 0 aliphatic rings. The second-order valence-electron chi connectivity index (χ2n) is 7.28. The summed E-state index contributed by atoms with van der Waals surface area (Å²) in [5, 5.41) is 16.2. The number of amides is 1. The predicted molar refractivity (Wildman–Crippen MR) is 116 cm³/mol. The highest BCUT2D eigenvalue weighted by Crippen LogP contribution is 2.35. The molecule has 9 nitrogen and oxygen atoms in total. The smallest absolute Gasteiger partial charge is 0.252 e. The van der Waals surface area contributed by atoms with Crippen LogP contribution >= 0.6 is 11.6 Å². The zero-order chi connectivity index (χ0) is 23.6. The molecule has 2 aromatic carbocycles. The molecule has 0 spiro atoms. The van der Waals surface area contributed by atoms with Crippen LogP contribution in [-0.4, -0.2) is 42.0 Å². The molecule has 3 rings (SSSR count). The van der Waals surface area contributed by atoms with Gasteiger partial charge in [-0.1, -0.05) is 29.8 Å². The van der Waals surface area contributed by atoms with E-state index in [-0.39, 0.29) is 21.3 Å². The van der Waals surface area contributed by atoms with Crippen LogP contribution in [0.25, 0.3) is 0 Å². The van der Waals surface area contributed by atoms with Gasteiger partial charge in [-0.25, -0.2) is 12.8 Å². The second kappa shape index (κ2) is 9.31. The molecule has 1 heterocycles. The summed E-state index contributed by atoms with van der Waals surface area (Å²) in [4.78, 5) is 12.0. The minimum absolute atomic E-state index is 0.0248. The van der Waals surface area contributed by atoms with Gasteiger partial charge in [0, 0.05) is 18.0 Å². The third-order valence-corrected chi connectivity index (χ3v) is 7.05. The van der Waals surface area contributed by atoms with Crippen molar-refractivity contribution in [3.63, 3.8) is 0 Å². The molecule has 1 aromatic heterocycles. The Morgan fingerprint density at radius 2 is 1.94 bits per heavy atom. The summed E-state index contributed by atoms with van der Waals surface area (Å²) in [5.41, 5.74) is 1.72. The number of benzene rings is 2. The van der Waals surface area contributed by atoms with E-state index in [4.69, 9.17) is 11.6 Å². The fraction of sp³-hybridized carbons (Fsp3) is 0.300. The lowest BCUT2D eigenvalue weighted by atomic mass is 9.88. The highest BCUT2D eigenvalue weighted by Gasteiger charge is 2.34. The van der Waals surface area contributed by atoms with Gasteiger partial charge < -0.3 is 5.32 Å². The van der Waals surface area contributed by atoms with E-state index < -0.39 is 33.7 Å². The summed E-state index contributed by atoms with van der Waals surface area (Å²) in [7, 11) is -2.91. The maximum Gasteiger partial charge on any atom is 0.252 e. The van der Waals surface area contributed by atoms with Crippen molar-refractivity contribution in [2.24, 2.45) is 0 Å². The number of halogens is 2. The molecule has 0 aliphatic carbocycles. The van der Waals surface area contributed by atoms with Crippen molar-refractivity contribution in [1.82, 2.24) is 30.7 Å². The number of tetrazole rings is 1. The first-order valence-corrected chi connectivity index (χ1v) is 11.5. The molecule has 2 atom stereocenters. The van der Waals surface area contributed by atoms with E-state index in [1.54, 1.807) is 19.9 Å². The standard InChI is InChI=1S/C20H22ClFN6O3S/c1-10-5-7-15(22)17(11(10)2)12(3)18(19-24-27-28-25-19)26-32(30,31)16-8-6-13(21)9-14(16)20(29)23-4/h5-9,12,18,26H,1-4H3,(H,23,29)(H,24,25,27,28). The number of nitrogens with zero attached hydrogens (tertiary/aromatic N) is 3. The first-order chi connectivity index (χ1) is 15.1. The maximum absolute atomic E-state index is 14.8. The van der Waals surface area contributed by atoms with E-state index in [2.05, 4.69) is 30.7 Å². The van der Waals surface area contributed by atoms with Gasteiger partial charge >= 0.3 is 0 Å². The molecule has 1 amide bonds. The highest BCUT2D eigenvalue weighted by atomic mass is 35.5. The Kier molecular flexibility index (Phi) is 6.91. The number of carbonyl (C=O) groups is 1. The second-order valence-corrected chi connectivity index (χ2v) is 9.40. The van der Waals surface area contributed by atoms with Crippen LogP contribution in [0.3, 0.4) is 0 Å². The minimum Gasteiger partial charge on any atom is -0.355 e. The Morgan fingerprint density at radius 3 is 2.56 bits per heavy atom. The van der Waals surface area contributed by atoms with E-state index in [0.29, 0.717) is 11.1 Å². The number of H-pyrrole nitrogens is 1. The molecule has 170 valence electrons. The number of nitrogens with one attached hydrogen (secondary N) is 3. The molecule has 2 unspecified atom stereocenters. The van der Waals surface area contributed by atoms with E-state index in [9.17, 15) is 17.6 Å². The fourth-order valence-corrected chi connectivity index (χ4v) is 5.12. The quantitative estimate of drug-likeness (QED) is 0.476. The van der Waals surface area contributed by atoms with Crippen molar-refractivity contribution in [2.45, 2.75) is 37.6 Å². The topological polar surface area (TPSA) is 130 Å². The number of rotatable bonds is 7. The Labute approximate surface area is 189 Å². The highest BCUT2D eigenvalue weighted by molar-refractivity contribution is 7.89. The third-order valence-electron chi connectivity index (χ3n) is 5.31. The van der Waals surface area contributed by atoms with Crippen LogP contribution in [0.4, 0.5) is 4.39 Å². The van der Waals surface area contributed by atoms with Crippen molar-refractivity contribution in [1.29, 1.82) is 0 Å². The van der Waals surface area contributed by atoms with Crippen LogP contribution in [0.5, 0.6) is 0 Å². The molecular weight excluding hydrogens is 459 g/mol. The van der Waals surface area contributed by atoms with Gasteiger partial charge in [0.15, 0.2) is 5.82 Å². The molecule has 0 saturated heterocycles. The molecule has 0 radical (unpaired) electrons. The van der Waals surface area contributed by atoms with Crippen LogP contribution in [-0.2, 0) is 10.0 Å². The molecule has 12 heteroatoms. The Balaban J connectivity index is 2.11. The lowest BCUT2D eigenvalue weighted by molar-refractivity contribution is 0.0959. The van der Waals surface area contributed by atoms with Gasteiger partial charge in [-0.15, -0.1) is 10.2 Å². The summed E-state index contributed by atoms with van der Waals surface area (Å²) in [6.07, 6.45) is 0. The van der Waals surface area contributed by atoms with Crippen LogP contribution in [0.1, 0.15) is 51.8 Å². The van der Waals surface area contributed by atoms with Crippen LogP contribution in [0.15, 0.2) is 35.2 Å². The summed E-state index contributed by atoms with van der Waals surface area (Å²) < 4.78 is 44.0. The largest absolute Gasteiger partial charge is 0.355 e. The van der Waals surface area contributed by atoms with E-state index in [1.807, 2.05) is 6.92 Å². The number of carbonyl (C=O) groups excluding carboxylic acids is 1. The third kappa shape index (κ3) is 4.64. The number of aromatic nitrogens is 4. The lowest BCUT2D eigenvalue weighted by Crippen LogP contribution is -2.34. The molecular formula is C20H22ClFN6O3S. The van der Waals surface area contributed by atoms with Gasteiger partial charge in [-0.3, -0.25) is 4.79 Å². The van der Waals surface area contributed by atoms with Crippen molar-refractivity contribution in [3.8, 4) is 0 Å². The summed E-state index contributed by atoms with van der Waals surface area (Å²) in [6, 6.07) is 5.75. The van der Waals surface area contributed by atoms with Gasteiger partial charge in [0.05, 0.1) is 16.5 Å². The molecule has 0 aliphatic heterocycles. The van der Waals surface area contributed by atoms with Crippen LogP contribution in [0.2, 0.25) is 5.02 Å². The van der Waals surface area contributed by atoms with Crippen LogP contribution in [0, 0.1) is 19.7 Å². The fourth-order valence-electron chi connectivity index (χ4n) is 3.49. The molecule has 3 aromatic rings. The minimum atomic E-state index is -4.29. The normalized spacial score (nSPS) is 13.6. The van der Waals surface area contributed by atoms with Gasteiger partial charge in [-0.05, 0) is 54.8 Å². The number of aryl methyl sites for hydroxylation is 1. The maximum atomic E-state index is 14.8. The first kappa shape index (κ1) is 23.8. The predicted octanol–water partition coefficient (Wildman–Crippen LogP) is 2.79. The molecule has 32 heavy (non-hydrogen) atoms. The van der Waals surface area contributed by atoms with Crippen molar-refractivity contribution >= 4 is 27.5 Å². The molecule has 0 fully saturated rings. The average Bonchev–Trinajstić information content (AvgIpc) is 3.28. The van der Waals surface area contributed by atoms with E-state index >= 15 is 0 Å². The zero-order valence-corrected chi connectivity index (χ0v) is 19.3. The number of sulfonamides is 1. The van der Waals surface area contributed by atoms with Crippen LogP contribution < -0.4 is 10.0 Å². The monoisotopic (exact) mass is 480 g/mol. The first-order valence-electron chi connectivity index (χ1n) is 9.59. The molecule has 0 bridgehead atoms. The zero-order valence-electron chi connectivity index (χ0n) is 17.8. The molecule has 3 N–H and O–H groups in total. The SMILES string of the molecule is CNC(=O)c1cc(Cl)ccc1S(=O)(=O)NC(c1nn[nH]n1)C(C)c1c(F)ccc(C)c1C. The van der Waals surface area contributed by atoms with Crippen molar-refractivity contribution < 1.29 is 17.6 Å². The van der Waals surface area contributed by atoms with E-state index in [0.717, 1.165) is 5.56 Å². The Bertz CT molecular complexity index is 1250. The number of hydrogen-bond acceptors (Lipinski definition) is 6. The molecule has 0 saturated carbocycles. The van der Waals surface area contributed by atoms with Gasteiger partial charge in [0.1, 0.15) is 5.82 Å². The van der Waals surface area contributed by atoms with Crippen molar-refractivity contribution in [3.05, 3.63) is 69.2 Å². The van der Waals surface area contributed by atoms with Crippen molar-refractivity contribution in [2.75, 3.05) is 7.05 Å². The van der Waals surface area contributed by atoms with Gasteiger partial charge in [0.2, 0.25) is 10.0 Å². The summed E-state index contributed by atoms with van der Waals surface area (Å²) in [5.74, 6) is -1.79. The summed E-state index contributed by atoms with van der Waals surface area (Å²) >= 11 is 5.97. The van der Waals surface area contributed by atoms with Gasteiger partial charge in [-0.2, -0.15) is 9.94 Å². The average molecular weight is 481 g/mol.